The van der Waals surface area contributed by atoms with E-state index in [1.165, 1.54) is 0 Å². The maximum absolute atomic E-state index is 12.0. The zero-order chi connectivity index (χ0) is 14.3. The molecule has 0 aromatic rings. The van der Waals surface area contributed by atoms with Crippen molar-refractivity contribution in [2.75, 3.05) is 46.9 Å². The minimum Gasteiger partial charge on any atom is -0.374 e. The lowest BCUT2D eigenvalue weighted by atomic mass is 10.2. The molecule has 1 rings (SSSR count). The van der Waals surface area contributed by atoms with Crippen molar-refractivity contribution in [2.45, 2.75) is 25.5 Å². The Morgan fingerprint density at radius 3 is 3.05 bits per heavy atom. The monoisotopic (exact) mass is 268 g/mol. The third kappa shape index (κ3) is 5.55. The van der Waals surface area contributed by atoms with Gasteiger partial charge in [-0.15, -0.1) is 0 Å². The van der Waals surface area contributed by atoms with Gasteiger partial charge in [0.1, 0.15) is 0 Å². The number of nitriles is 1. The summed E-state index contributed by atoms with van der Waals surface area (Å²) in [6.45, 7) is 5.58. The van der Waals surface area contributed by atoms with Gasteiger partial charge < -0.3 is 19.9 Å². The van der Waals surface area contributed by atoms with Crippen molar-refractivity contribution < 1.29 is 9.53 Å². The summed E-state index contributed by atoms with van der Waals surface area (Å²) >= 11 is 0. The minimum absolute atomic E-state index is 0.0133. The molecule has 0 aromatic carbocycles. The van der Waals surface area contributed by atoms with Crippen molar-refractivity contribution >= 4 is 5.91 Å². The molecule has 1 saturated heterocycles. The number of nitrogens with one attached hydrogen (secondary N) is 1. The first-order valence-corrected chi connectivity index (χ1v) is 6.70. The SMILES string of the molecule is C[C@H](NC[C@H]1CN(C)CCO1)C(=O)N(C)CCC#N. The van der Waals surface area contributed by atoms with E-state index in [0.29, 0.717) is 19.5 Å². The van der Waals surface area contributed by atoms with E-state index in [0.717, 1.165) is 19.7 Å². The Kier molecular flexibility index (Phi) is 6.78. The molecule has 6 nitrogen and oxygen atoms in total. The zero-order valence-corrected chi connectivity index (χ0v) is 12.1. The number of carbonyl (C=O) groups excluding carboxylic acids is 1. The van der Waals surface area contributed by atoms with Crippen LogP contribution in [0.4, 0.5) is 0 Å². The van der Waals surface area contributed by atoms with E-state index in [-0.39, 0.29) is 18.1 Å². The lowest BCUT2D eigenvalue weighted by Gasteiger charge is -2.31. The fourth-order valence-electron chi connectivity index (χ4n) is 2.04. The van der Waals surface area contributed by atoms with Crippen molar-refractivity contribution in [1.82, 2.24) is 15.1 Å². The Labute approximate surface area is 115 Å². The Balaban J connectivity index is 2.28. The first-order chi connectivity index (χ1) is 9.04. The van der Waals surface area contributed by atoms with Crippen molar-refractivity contribution in [2.24, 2.45) is 0 Å². The van der Waals surface area contributed by atoms with Crippen LogP contribution in [0.1, 0.15) is 13.3 Å². The molecular formula is C13H24N4O2. The number of amides is 1. The number of hydrogen-bond acceptors (Lipinski definition) is 5. The highest BCUT2D eigenvalue weighted by atomic mass is 16.5. The molecule has 19 heavy (non-hydrogen) atoms. The summed E-state index contributed by atoms with van der Waals surface area (Å²) in [7, 11) is 3.79. The van der Waals surface area contributed by atoms with Crippen molar-refractivity contribution in [3.63, 3.8) is 0 Å². The van der Waals surface area contributed by atoms with Crippen LogP contribution in [0.5, 0.6) is 0 Å². The molecule has 0 bridgehead atoms. The molecule has 1 fully saturated rings. The zero-order valence-electron chi connectivity index (χ0n) is 12.1. The second kappa shape index (κ2) is 8.10. The molecule has 6 heteroatoms. The molecule has 2 atom stereocenters. The average molecular weight is 268 g/mol. The maximum Gasteiger partial charge on any atom is 0.239 e. The number of morpholine rings is 1. The molecule has 1 amide bonds. The van der Waals surface area contributed by atoms with Gasteiger partial charge in [0.05, 0.1) is 31.2 Å². The first-order valence-electron chi connectivity index (χ1n) is 6.70. The summed E-state index contributed by atoms with van der Waals surface area (Å²) in [5.74, 6) is 0.0133. The summed E-state index contributed by atoms with van der Waals surface area (Å²) in [6, 6.07) is 1.79. The van der Waals surface area contributed by atoms with Crippen LogP contribution < -0.4 is 5.32 Å². The van der Waals surface area contributed by atoms with E-state index < -0.39 is 0 Å². The molecule has 0 aromatic heterocycles. The van der Waals surface area contributed by atoms with Crippen molar-refractivity contribution in [3.05, 3.63) is 0 Å². The Bertz CT molecular complexity index is 329. The number of nitrogens with zero attached hydrogens (tertiary/aromatic N) is 3. The van der Waals surface area contributed by atoms with E-state index in [1.54, 1.807) is 11.9 Å². The van der Waals surface area contributed by atoms with Gasteiger partial charge in [0.15, 0.2) is 0 Å². The molecule has 1 N–H and O–H groups in total. The average Bonchev–Trinajstić information content (AvgIpc) is 2.41. The van der Waals surface area contributed by atoms with Gasteiger partial charge in [-0.1, -0.05) is 0 Å². The standard InChI is InChI=1S/C13H24N4O2/c1-11(13(18)17(3)6-4-5-14)15-9-12-10-16(2)7-8-19-12/h11-12,15H,4,6-10H2,1-3H3/t11-,12-/m0/s1. The smallest absolute Gasteiger partial charge is 0.239 e. The Morgan fingerprint density at radius 2 is 2.42 bits per heavy atom. The third-order valence-electron chi connectivity index (χ3n) is 3.30. The highest BCUT2D eigenvalue weighted by Crippen LogP contribution is 2.02. The topological polar surface area (TPSA) is 68.6 Å². The molecule has 0 spiro atoms. The van der Waals surface area contributed by atoms with Gasteiger partial charge in [-0.25, -0.2) is 0 Å². The summed E-state index contributed by atoms with van der Waals surface area (Å²) < 4.78 is 5.63. The van der Waals surface area contributed by atoms with Crippen LogP contribution in [0.3, 0.4) is 0 Å². The quantitative estimate of drug-likeness (QED) is 0.714. The Hall–Kier alpha value is -1.16. The summed E-state index contributed by atoms with van der Waals surface area (Å²) in [5.41, 5.74) is 0. The lowest BCUT2D eigenvalue weighted by Crippen LogP contribution is -2.50. The number of rotatable bonds is 6. The first kappa shape index (κ1) is 15.9. The molecule has 0 saturated carbocycles. The second-order valence-electron chi connectivity index (χ2n) is 5.05. The molecule has 108 valence electrons. The highest BCUT2D eigenvalue weighted by molar-refractivity contribution is 5.81. The van der Waals surface area contributed by atoms with E-state index in [2.05, 4.69) is 17.3 Å². The largest absolute Gasteiger partial charge is 0.374 e. The third-order valence-corrected chi connectivity index (χ3v) is 3.30. The van der Waals surface area contributed by atoms with Crippen molar-refractivity contribution in [3.8, 4) is 6.07 Å². The molecular weight excluding hydrogens is 244 g/mol. The van der Waals surface area contributed by atoms with Gasteiger partial charge in [0.25, 0.3) is 0 Å². The summed E-state index contributed by atoms with van der Waals surface area (Å²) in [5, 5.41) is 11.7. The molecule has 1 heterocycles. The van der Waals surface area contributed by atoms with Gasteiger partial charge in [0, 0.05) is 33.2 Å². The number of likely N-dealkylation sites (N-methyl/N-ethyl adjacent to an activating group) is 2. The molecule has 1 aliphatic rings. The molecule has 0 unspecified atom stereocenters. The van der Waals surface area contributed by atoms with Crippen LogP contribution in [0.15, 0.2) is 0 Å². The fourth-order valence-corrected chi connectivity index (χ4v) is 2.04. The van der Waals surface area contributed by atoms with Crippen LogP contribution in [-0.4, -0.2) is 74.7 Å². The van der Waals surface area contributed by atoms with Crippen LogP contribution in [0.25, 0.3) is 0 Å². The highest BCUT2D eigenvalue weighted by Gasteiger charge is 2.21. The van der Waals surface area contributed by atoms with Crippen LogP contribution >= 0.6 is 0 Å². The molecule has 0 aliphatic carbocycles. The number of carbonyl (C=O) groups is 1. The van der Waals surface area contributed by atoms with E-state index in [1.807, 2.05) is 13.0 Å². The van der Waals surface area contributed by atoms with Crippen molar-refractivity contribution in [1.29, 1.82) is 5.26 Å². The van der Waals surface area contributed by atoms with Gasteiger partial charge in [-0.05, 0) is 14.0 Å². The number of ether oxygens (including phenoxy) is 1. The summed E-state index contributed by atoms with van der Waals surface area (Å²) in [4.78, 5) is 15.8. The predicted molar refractivity (Wildman–Crippen MR) is 72.6 cm³/mol. The minimum atomic E-state index is -0.250. The van der Waals surface area contributed by atoms with Gasteiger partial charge in [-0.2, -0.15) is 5.26 Å². The Morgan fingerprint density at radius 1 is 1.68 bits per heavy atom. The normalized spacial score (nSPS) is 21.7. The van der Waals surface area contributed by atoms with Crippen LogP contribution in [0, 0.1) is 11.3 Å². The second-order valence-corrected chi connectivity index (χ2v) is 5.05. The van der Waals surface area contributed by atoms with Crippen LogP contribution in [-0.2, 0) is 9.53 Å². The van der Waals surface area contributed by atoms with E-state index >= 15 is 0 Å². The van der Waals surface area contributed by atoms with E-state index in [9.17, 15) is 4.79 Å². The number of hydrogen-bond donors (Lipinski definition) is 1. The predicted octanol–water partition coefficient (Wildman–Crippen LogP) is -0.333. The molecule has 0 radical (unpaired) electrons. The lowest BCUT2D eigenvalue weighted by molar-refractivity contribution is -0.131. The maximum atomic E-state index is 12.0. The van der Waals surface area contributed by atoms with Gasteiger partial charge >= 0.3 is 0 Å². The summed E-state index contributed by atoms with van der Waals surface area (Å²) in [6.07, 6.45) is 0.504. The van der Waals surface area contributed by atoms with Crippen LogP contribution in [0.2, 0.25) is 0 Å². The van der Waals surface area contributed by atoms with Gasteiger partial charge in [-0.3, -0.25) is 4.79 Å². The van der Waals surface area contributed by atoms with Gasteiger partial charge in [0.2, 0.25) is 5.91 Å². The molecule has 1 aliphatic heterocycles. The fraction of sp³-hybridized carbons (Fsp3) is 0.846. The van der Waals surface area contributed by atoms with E-state index in [4.69, 9.17) is 10.00 Å².